The largest absolute Gasteiger partial charge is 0.480 e. The third kappa shape index (κ3) is 8.06. The van der Waals surface area contributed by atoms with Crippen LogP contribution in [0.15, 0.2) is 0 Å². The zero-order valence-electron chi connectivity index (χ0n) is 11.6. The van der Waals surface area contributed by atoms with Gasteiger partial charge in [0, 0.05) is 19.0 Å². The smallest absolute Gasteiger partial charge is 0.317 e. The lowest BCUT2D eigenvalue weighted by molar-refractivity contribution is -0.138. The summed E-state index contributed by atoms with van der Waals surface area (Å²) in [7, 11) is 0. The van der Waals surface area contributed by atoms with Gasteiger partial charge in [-0.15, -0.1) is 12.4 Å². The van der Waals surface area contributed by atoms with Crippen molar-refractivity contribution in [2.75, 3.05) is 19.6 Å². The Hall–Kier alpha value is -0.810. The first-order chi connectivity index (χ1) is 8.61. The fourth-order valence-electron chi connectivity index (χ4n) is 2.41. The summed E-state index contributed by atoms with van der Waals surface area (Å²) in [5, 5.41) is 11.8. The fourth-order valence-corrected chi connectivity index (χ4v) is 2.41. The molecule has 0 aromatic carbocycles. The van der Waals surface area contributed by atoms with Crippen LogP contribution in [-0.2, 0) is 9.59 Å². The van der Waals surface area contributed by atoms with E-state index in [0.29, 0.717) is 19.0 Å². The van der Waals surface area contributed by atoms with Crippen LogP contribution in [0.3, 0.4) is 0 Å². The normalized spacial score (nSPS) is 15.3. The number of hydrogen-bond donors (Lipinski definition) is 2. The van der Waals surface area contributed by atoms with E-state index in [0.717, 1.165) is 25.8 Å². The van der Waals surface area contributed by atoms with Gasteiger partial charge in [-0.25, -0.2) is 0 Å². The predicted molar refractivity (Wildman–Crippen MR) is 76.6 cm³/mol. The lowest BCUT2D eigenvalue weighted by atomic mass is 10.2. The Balaban J connectivity index is 0.00000324. The van der Waals surface area contributed by atoms with E-state index in [1.54, 1.807) is 0 Å². The molecular formula is C13H25ClN2O3. The summed E-state index contributed by atoms with van der Waals surface area (Å²) in [5.74, 6) is -0.784. The molecular weight excluding hydrogens is 268 g/mol. The number of nitrogens with one attached hydrogen (secondary N) is 1. The molecule has 0 saturated heterocycles. The van der Waals surface area contributed by atoms with Gasteiger partial charge in [0.05, 0.1) is 6.54 Å². The number of amides is 1. The summed E-state index contributed by atoms with van der Waals surface area (Å²) >= 11 is 0. The highest BCUT2D eigenvalue weighted by Crippen LogP contribution is 2.17. The van der Waals surface area contributed by atoms with E-state index in [1.165, 1.54) is 12.8 Å². The van der Waals surface area contributed by atoms with Gasteiger partial charge < -0.3 is 10.4 Å². The molecule has 1 aliphatic rings. The van der Waals surface area contributed by atoms with Crippen molar-refractivity contribution in [2.45, 2.75) is 51.5 Å². The van der Waals surface area contributed by atoms with Crippen molar-refractivity contribution in [2.24, 2.45) is 0 Å². The van der Waals surface area contributed by atoms with E-state index in [2.05, 4.69) is 5.32 Å². The molecule has 0 atom stereocenters. The molecule has 1 fully saturated rings. The molecule has 1 rings (SSSR count). The topological polar surface area (TPSA) is 69.6 Å². The number of carboxylic acids is 1. The molecule has 1 aliphatic carbocycles. The minimum atomic E-state index is -0.834. The second-order valence-electron chi connectivity index (χ2n) is 4.97. The molecule has 0 unspecified atom stereocenters. The van der Waals surface area contributed by atoms with Crippen molar-refractivity contribution >= 4 is 24.3 Å². The first kappa shape index (κ1) is 18.2. The van der Waals surface area contributed by atoms with Crippen LogP contribution in [0.1, 0.15) is 45.4 Å². The molecule has 1 saturated carbocycles. The molecule has 0 bridgehead atoms. The van der Waals surface area contributed by atoms with Crippen LogP contribution in [0.25, 0.3) is 0 Å². The monoisotopic (exact) mass is 292 g/mol. The van der Waals surface area contributed by atoms with Crippen LogP contribution in [0.5, 0.6) is 0 Å². The lowest BCUT2D eigenvalue weighted by Gasteiger charge is -2.19. The number of nitrogens with zero attached hydrogens (tertiary/aromatic N) is 1. The minimum Gasteiger partial charge on any atom is -0.480 e. The van der Waals surface area contributed by atoms with Gasteiger partial charge >= 0.3 is 5.97 Å². The first-order valence-corrected chi connectivity index (χ1v) is 6.85. The Morgan fingerprint density at radius 2 is 1.89 bits per heavy atom. The number of carboxylic acid groups (broad SMARTS) is 1. The Morgan fingerprint density at radius 3 is 2.42 bits per heavy atom. The van der Waals surface area contributed by atoms with Gasteiger partial charge in [0.15, 0.2) is 0 Å². The van der Waals surface area contributed by atoms with Gasteiger partial charge in [0.2, 0.25) is 5.91 Å². The van der Waals surface area contributed by atoms with Crippen LogP contribution in [0.2, 0.25) is 0 Å². The predicted octanol–water partition coefficient (Wildman–Crippen LogP) is 1.65. The number of rotatable bonds is 8. The number of aliphatic carboxylic acids is 1. The van der Waals surface area contributed by atoms with Crippen LogP contribution >= 0.6 is 12.4 Å². The maximum absolute atomic E-state index is 11.7. The van der Waals surface area contributed by atoms with Gasteiger partial charge in [0.1, 0.15) is 0 Å². The molecule has 19 heavy (non-hydrogen) atoms. The molecule has 112 valence electrons. The average molecular weight is 293 g/mol. The van der Waals surface area contributed by atoms with Gasteiger partial charge in [-0.2, -0.15) is 0 Å². The zero-order chi connectivity index (χ0) is 13.4. The van der Waals surface area contributed by atoms with Gasteiger partial charge in [-0.1, -0.05) is 19.8 Å². The zero-order valence-corrected chi connectivity index (χ0v) is 12.4. The molecule has 5 nitrogen and oxygen atoms in total. The Labute approximate surface area is 121 Å². The van der Waals surface area contributed by atoms with Crippen LogP contribution < -0.4 is 5.32 Å². The van der Waals surface area contributed by atoms with Crippen molar-refractivity contribution in [3.05, 3.63) is 0 Å². The molecule has 0 aromatic heterocycles. The van der Waals surface area contributed by atoms with Crippen molar-refractivity contribution < 1.29 is 14.7 Å². The molecule has 1 amide bonds. The van der Waals surface area contributed by atoms with Crippen LogP contribution in [-0.4, -0.2) is 47.6 Å². The SMILES string of the molecule is CCCN(CCC(=O)NC1CCCC1)CC(=O)O.Cl. The van der Waals surface area contributed by atoms with E-state index >= 15 is 0 Å². The highest BCUT2D eigenvalue weighted by atomic mass is 35.5. The van der Waals surface area contributed by atoms with Crippen molar-refractivity contribution in [1.29, 1.82) is 0 Å². The highest BCUT2D eigenvalue weighted by Gasteiger charge is 2.17. The summed E-state index contributed by atoms with van der Waals surface area (Å²) in [6.07, 6.45) is 5.86. The number of hydrogen-bond acceptors (Lipinski definition) is 3. The third-order valence-corrected chi connectivity index (χ3v) is 3.27. The molecule has 0 aliphatic heterocycles. The summed E-state index contributed by atoms with van der Waals surface area (Å²) in [4.78, 5) is 24.2. The van der Waals surface area contributed by atoms with E-state index < -0.39 is 5.97 Å². The fraction of sp³-hybridized carbons (Fsp3) is 0.846. The first-order valence-electron chi connectivity index (χ1n) is 6.85. The van der Waals surface area contributed by atoms with Crippen LogP contribution in [0.4, 0.5) is 0 Å². The molecule has 2 N–H and O–H groups in total. The third-order valence-electron chi connectivity index (χ3n) is 3.27. The Bertz CT molecular complexity index is 281. The molecule has 0 heterocycles. The summed E-state index contributed by atoms with van der Waals surface area (Å²) in [6.45, 7) is 3.28. The summed E-state index contributed by atoms with van der Waals surface area (Å²) in [6, 6.07) is 0.344. The second-order valence-corrected chi connectivity index (χ2v) is 4.97. The van der Waals surface area contributed by atoms with E-state index in [-0.39, 0.29) is 24.9 Å². The average Bonchev–Trinajstić information content (AvgIpc) is 2.78. The molecule has 0 aromatic rings. The van der Waals surface area contributed by atoms with E-state index in [1.807, 2.05) is 11.8 Å². The molecule has 0 radical (unpaired) electrons. The van der Waals surface area contributed by atoms with E-state index in [9.17, 15) is 9.59 Å². The van der Waals surface area contributed by atoms with Crippen molar-refractivity contribution in [3.63, 3.8) is 0 Å². The lowest BCUT2D eigenvalue weighted by Crippen LogP contribution is -2.37. The minimum absolute atomic E-state index is 0. The second kappa shape index (κ2) is 10.0. The van der Waals surface area contributed by atoms with Gasteiger partial charge in [-0.05, 0) is 25.8 Å². The number of carbonyl (C=O) groups excluding carboxylic acids is 1. The maximum Gasteiger partial charge on any atom is 0.317 e. The number of carbonyl (C=O) groups is 2. The standard InChI is InChI=1S/C13H24N2O3.ClH/c1-2-8-15(10-13(17)18)9-7-12(16)14-11-5-3-4-6-11;/h11H,2-10H2,1H3,(H,14,16)(H,17,18);1H. The van der Waals surface area contributed by atoms with Gasteiger partial charge in [0.25, 0.3) is 0 Å². The van der Waals surface area contributed by atoms with Crippen LogP contribution in [0, 0.1) is 0 Å². The van der Waals surface area contributed by atoms with Crippen molar-refractivity contribution in [1.82, 2.24) is 10.2 Å². The number of halogens is 1. The van der Waals surface area contributed by atoms with Crippen molar-refractivity contribution in [3.8, 4) is 0 Å². The Morgan fingerprint density at radius 1 is 1.26 bits per heavy atom. The summed E-state index contributed by atoms with van der Waals surface area (Å²) in [5.41, 5.74) is 0. The summed E-state index contributed by atoms with van der Waals surface area (Å²) < 4.78 is 0. The quantitative estimate of drug-likeness (QED) is 0.714. The molecule has 6 heteroatoms. The highest BCUT2D eigenvalue weighted by molar-refractivity contribution is 5.85. The molecule has 0 spiro atoms. The van der Waals surface area contributed by atoms with Gasteiger partial charge in [-0.3, -0.25) is 14.5 Å². The Kier molecular flexibility index (Phi) is 9.61. The van der Waals surface area contributed by atoms with E-state index in [4.69, 9.17) is 5.11 Å². The maximum atomic E-state index is 11.7.